The Labute approximate surface area is 182 Å². The van der Waals surface area contributed by atoms with Gasteiger partial charge in [0.1, 0.15) is 0 Å². The molecule has 1 heterocycles. The number of amides is 2. The molecule has 1 aromatic rings. The van der Waals surface area contributed by atoms with Gasteiger partial charge in [-0.3, -0.25) is 9.59 Å². The molecule has 0 bridgehead atoms. The number of alkyl halides is 3. The fourth-order valence-electron chi connectivity index (χ4n) is 4.36. The normalized spacial score (nSPS) is 23.3. The van der Waals surface area contributed by atoms with E-state index < -0.39 is 11.7 Å². The molecular formula is C21H27BrF3N3O2. The van der Waals surface area contributed by atoms with Gasteiger partial charge >= 0.3 is 6.18 Å². The van der Waals surface area contributed by atoms with Crippen LogP contribution >= 0.6 is 15.9 Å². The Kier molecular flexibility index (Phi) is 7.44. The van der Waals surface area contributed by atoms with Gasteiger partial charge in [0.25, 0.3) is 0 Å². The third kappa shape index (κ3) is 5.97. The first kappa shape index (κ1) is 23.1. The van der Waals surface area contributed by atoms with Crippen LogP contribution in [0.25, 0.3) is 0 Å². The summed E-state index contributed by atoms with van der Waals surface area (Å²) < 4.78 is 39.1. The molecule has 1 aliphatic carbocycles. The molecule has 0 unspecified atom stereocenters. The van der Waals surface area contributed by atoms with Crippen LogP contribution in [0.5, 0.6) is 0 Å². The molecule has 1 aromatic carbocycles. The minimum atomic E-state index is -4.48. The van der Waals surface area contributed by atoms with Crippen molar-refractivity contribution in [2.24, 2.45) is 17.6 Å². The Hall–Kier alpha value is -1.61. The highest BCUT2D eigenvalue weighted by molar-refractivity contribution is 9.10. The number of nitrogens with one attached hydrogen (secondary N) is 1. The van der Waals surface area contributed by atoms with Gasteiger partial charge in [0.05, 0.1) is 11.5 Å². The SMILES string of the molecule is N[C@H]1CCCC[C@@H]1C(=O)N1CCC(CC(=O)Nc2cc(Br)cc(C(F)(F)F)c2)CC1. The lowest BCUT2D eigenvalue weighted by atomic mass is 9.83. The summed E-state index contributed by atoms with van der Waals surface area (Å²) in [6.07, 6.45) is 0.980. The van der Waals surface area contributed by atoms with Gasteiger partial charge in [0.2, 0.25) is 11.8 Å². The molecule has 0 radical (unpaired) electrons. The monoisotopic (exact) mass is 489 g/mol. The molecule has 3 rings (SSSR count). The lowest BCUT2D eigenvalue weighted by Crippen LogP contribution is -2.48. The molecule has 2 fully saturated rings. The van der Waals surface area contributed by atoms with Crippen LogP contribution in [0.1, 0.15) is 50.5 Å². The first-order chi connectivity index (χ1) is 14.1. The summed E-state index contributed by atoms with van der Waals surface area (Å²) in [7, 11) is 0. The Morgan fingerprint density at radius 3 is 2.40 bits per heavy atom. The predicted octanol–water partition coefficient (Wildman–Crippen LogP) is 4.55. The summed E-state index contributed by atoms with van der Waals surface area (Å²) in [6, 6.07) is 3.28. The highest BCUT2D eigenvalue weighted by Gasteiger charge is 2.34. The number of anilines is 1. The number of nitrogens with two attached hydrogens (primary N) is 1. The van der Waals surface area contributed by atoms with E-state index in [9.17, 15) is 22.8 Å². The fourth-order valence-corrected chi connectivity index (χ4v) is 4.85. The Morgan fingerprint density at radius 2 is 1.77 bits per heavy atom. The van der Waals surface area contributed by atoms with Crippen molar-refractivity contribution >= 4 is 33.4 Å². The lowest BCUT2D eigenvalue weighted by Gasteiger charge is -2.37. The number of hydrogen-bond donors (Lipinski definition) is 2. The van der Waals surface area contributed by atoms with E-state index in [1.54, 1.807) is 0 Å². The van der Waals surface area contributed by atoms with E-state index in [1.165, 1.54) is 6.07 Å². The summed E-state index contributed by atoms with van der Waals surface area (Å²) in [4.78, 5) is 27.0. The van der Waals surface area contributed by atoms with Gasteiger partial charge in [-0.15, -0.1) is 0 Å². The fraction of sp³-hybridized carbons (Fsp3) is 0.619. The first-order valence-electron chi connectivity index (χ1n) is 10.4. The van der Waals surface area contributed by atoms with Gasteiger partial charge in [-0.2, -0.15) is 13.2 Å². The molecule has 1 saturated heterocycles. The minimum Gasteiger partial charge on any atom is -0.342 e. The molecule has 1 aliphatic heterocycles. The third-order valence-corrected chi connectivity index (χ3v) is 6.50. The summed E-state index contributed by atoms with van der Waals surface area (Å²) in [5.41, 5.74) is 5.42. The van der Waals surface area contributed by atoms with Gasteiger partial charge in [0, 0.05) is 35.7 Å². The topological polar surface area (TPSA) is 75.4 Å². The molecule has 0 aromatic heterocycles. The zero-order chi connectivity index (χ0) is 21.9. The second-order valence-electron chi connectivity index (χ2n) is 8.30. The van der Waals surface area contributed by atoms with Crippen molar-refractivity contribution in [1.29, 1.82) is 0 Å². The highest BCUT2D eigenvalue weighted by atomic mass is 79.9. The third-order valence-electron chi connectivity index (χ3n) is 6.05. The van der Waals surface area contributed by atoms with E-state index >= 15 is 0 Å². The van der Waals surface area contributed by atoms with Gasteiger partial charge in [0.15, 0.2) is 0 Å². The van der Waals surface area contributed by atoms with E-state index in [0.717, 1.165) is 37.8 Å². The van der Waals surface area contributed by atoms with Gasteiger partial charge < -0.3 is 16.0 Å². The largest absolute Gasteiger partial charge is 0.416 e. The van der Waals surface area contributed by atoms with Crippen molar-refractivity contribution in [3.8, 4) is 0 Å². The molecule has 5 nitrogen and oxygen atoms in total. The van der Waals surface area contributed by atoms with Crippen molar-refractivity contribution in [2.75, 3.05) is 18.4 Å². The summed E-state index contributed by atoms with van der Waals surface area (Å²) >= 11 is 3.05. The Morgan fingerprint density at radius 1 is 1.10 bits per heavy atom. The number of nitrogens with zero attached hydrogens (tertiary/aromatic N) is 1. The van der Waals surface area contributed by atoms with Gasteiger partial charge in [-0.25, -0.2) is 0 Å². The maximum absolute atomic E-state index is 12.9. The predicted molar refractivity (Wildman–Crippen MR) is 112 cm³/mol. The molecule has 2 atom stereocenters. The molecule has 0 spiro atoms. The summed E-state index contributed by atoms with van der Waals surface area (Å²) in [6.45, 7) is 1.18. The maximum atomic E-state index is 12.9. The van der Waals surface area contributed by atoms with Crippen molar-refractivity contribution in [1.82, 2.24) is 4.90 Å². The number of carbonyl (C=O) groups excluding carboxylic acids is 2. The van der Waals surface area contributed by atoms with Crippen LogP contribution in [-0.4, -0.2) is 35.8 Å². The zero-order valence-electron chi connectivity index (χ0n) is 16.7. The average Bonchev–Trinajstić information content (AvgIpc) is 2.67. The van der Waals surface area contributed by atoms with Crippen molar-refractivity contribution in [3.05, 3.63) is 28.2 Å². The smallest absolute Gasteiger partial charge is 0.342 e. The van der Waals surface area contributed by atoms with Crippen LogP contribution < -0.4 is 11.1 Å². The molecule has 2 aliphatic rings. The second-order valence-corrected chi connectivity index (χ2v) is 9.22. The number of halogens is 4. The van der Waals surface area contributed by atoms with Crippen molar-refractivity contribution < 1.29 is 22.8 Å². The number of carbonyl (C=O) groups is 2. The van der Waals surface area contributed by atoms with E-state index in [4.69, 9.17) is 5.73 Å². The lowest BCUT2D eigenvalue weighted by molar-refractivity contribution is -0.139. The van der Waals surface area contributed by atoms with Crippen LogP contribution in [-0.2, 0) is 15.8 Å². The number of likely N-dealkylation sites (tertiary alicyclic amines) is 1. The molecule has 166 valence electrons. The number of benzene rings is 1. The zero-order valence-corrected chi connectivity index (χ0v) is 18.3. The van der Waals surface area contributed by atoms with Crippen LogP contribution in [0.2, 0.25) is 0 Å². The maximum Gasteiger partial charge on any atom is 0.416 e. The molecular weight excluding hydrogens is 463 g/mol. The van der Waals surface area contributed by atoms with E-state index in [0.29, 0.717) is 25.9 Å². The first-order valence-corrected chi connectivity index (χ1v) is 11.1. The van der Waals surface area contributed by atoms with Gasteiger partial charge in [-0.1, -0.05) is 28.8 Å². The van der Waals surface area contributed by atoms with Crippen molar-refractivity contribution in [2.45, 2.75) is 57.2 Å². The summed E-state index contributed by atoms with van der Waals surface area (Å²) in [5.74, 6) is -0.194. The molecule has 9 heteroatoms. The van der Waals surface area contributed by atoms with Crippen LogP contribution in [0, 0.1) is 11.8 Å². The molecule has 3 N–H and O–H groups in total. The Bertz CT molecular complexity index is 779. The summed E-state index contributed by atoms with van der Waals surface area (Å²) in [5, 5.41) is 2.57. The van der Waals surface area contributed by atoms with Crippen LogP contribution in [0.4, 0.5) is 18.9 Å². The number of rotatable bonds is 4. The quantitative estimate of drug-likeness (QED) is 0.651. The molecule has 1 saturated carbocycles. The van der Waals surface area contributed by atoms with Gasteiger partial charge in [-0.05, 0) is 49.8 Å². The molecule has 30 heavy (non-hydrogen) atoms. The number of hydrogen-bond acceptors (Lipinski definition) is 3. The number of piperidine rings is 1. The van der Waals surface area contributed by atoms with E-state index in [2.05, 4.69) is 21.2 Å². The highest BCUT2D eigenvalue weighted by Crippen LogP contribution is 2.34. The van der Waals surface area contributed by atoms with Crippen molar-refractivity contribution in [3.63, 3.8) is 0 Å². The average molecular weight is 490 g/mol. The van der Waals surface area contributed by atoms with Crippen LogP contribution in [0.15, 0.2) is 22.7 Å². The second kappa shape index (κ2) is 9.68. The standard InChI is InChI=1S/C21H27BrF3N3O2/c22-15-10-14(21(23,24)25)11-16(12-15)27-19(29)9-13-5-7-28(8-6-13)20(30)17-3-1-2-4-18(17)26/h10-13,17-18H,1-9,26H2,(H,27,29)/t17-,18-/m0/s1. The minimum absolute atomic E-state index is 0.0680. The van der Waals surface area contributed by atoms with E-state index in [-0.39, 0.29) is 46.3 Å². The van der Waals surface area contributed by atoms with E-state index in [1.807, 2.05) is 4.90 Å². The Balaban J connectivity index is 1.50. The van der Waals surface area contributed by atoms with Crippen LogP contribution in [0.3, 0.4) is 0 Å². The molecule has 2 amide bonds.